The van der Waals surface area contributed by atoms with Crippen LogP contribution in [0.25, 0.3) is 0 Å². The summed E-state index contributed by atoms with van der Waals surface area (Å²) in [7, 11) is 0. The Kier molecular flexibility index (Phi) is 32.3. The van der Waals surface area contributed by atoms with Gasteiger partial charge in [0.15, 0.2) is 0 Å². The van der Waals surface area contributed by atoms with Gasteiger partial charge in [0.1, 0.15) is 0 Å². The summed E-state index contributed by atoms with van der Waals surface area (Å²) in [5.41, 5.74) is 0. The smallest absolute Gasteiger partial charge is 0.340 e. The molecule has 0 fully saturated rings. The summed E-state index contributed by atoms with van der Waals surface area (Å²) in [5.74, 6) is 1.41. The van der Waals surface area contributed by atoms with Crippen LogP contribution >= 0.6 is 0 Å². The van der Waals surface area contributed by atoms with E-state index >= 15 is 0 Å². The fraction of sp³-hybridized carbons (Fsp3) is 0.875. The van der Waals surface area contributed by atoms with Gasteiger partial charge in [0, 0.05) is 0 Å². The summed E-state index contributed by atoms with van der Waals surface area (Å²) in [6.45, 7) is 18.9. The molecule has 25 heavy (non-hydrogen) atoms. The van der Waals surface area contributed by atoms with Crippen molar-refractivity contribution >= 4 is 0 Å². The van der Waals surface area contributed by atoms with Gasteiger partial charge >= 0.3 is 19.5 Å². The molecular weight excluding hydrogens is 354 g/mol. The van der Waals surface area contributed by atoms with E-state index in [9.17, 15) is 0 Å². The van der Waals surface area contributed by atoms with Crippen molar-refractivity contribution in [1.29, 1.82) is 0 Å². The molecule has 1 heteroatoms. The van der Waals surface area contributed by atoms with E-state index in [4.69, 9.17) is 0 Å². The van der Waals surface area contributed by atoms with Crippen molar-refractivity contribution in [3.63, 3.8) is 0 Å². The standard InChI is InChI=1S/C12H25.C12H24.Zn/c2*1-4-6-8-9-11-12(3)10-7-5-2;/h12H,3-11H2,1-2H3;12H,2-11H2,1H3;/q-1;;+2. The first-order valence-corrected chi connectivity index (χ1v) is 11.1. The predicted molar refractivity (Wildman–Crippen MR) is 114 cm³/mol. The van der Waals surface area contributed by atoms with Gasteiger partial charge in [-0.1, -0.05) is 111 Å². The molecular formula is C24H49Zn+. The Morgan fingerprint density at radius 3 is 1.28 bits per heavy atom. The molecule has 0 spiro atoms. The average molecular weight is 403 g/mol. The van der Waals surface area contributed by atoms with Crippen LogP contribution in [0.3, 0.4) is 0 Å². The summed E-state index contributed by atoms with van der Waals surface area (Å²) in [4.78, 5) is 0. The molecule has 2 unspecified atom stereocenters. The third kappa shape index (κ3) is 29.5. The van der Waals surface area contributed by atoms with Crippen molar-refractivity contribution in [2.24, 2.45) is 11.8 Å². The van der Waals surface area contributed by atoms with Crippen LogP contribution in [0, 0.1) is 32.6 Å². The Labute approximate surface area is 175 Å². The van der Waals surface area contributed by atoms with E-state index in [0.29, 0.717) is 5.92 Å². The first-order valence-electron chi connectivity index (χ1n) is 11.1. The Bertz CT molecular complexity index is 180. The Hall–Kier alpha value is 0.493. The first-order chi connectivity index (χ1) is 11.6. The zero-order valence-corrected chi connectivity index (χ0v) is 21.3. The van der Waals surface area contributed by atoms with Crippen molar-refractivity contribution in [3.05, 3.63) is 20.8 Å². The molecule has 0 amide bonds. The van der Waals surface area contributed by atoms with Gasteiger partial charge in [-0.05, 0) is 6.42 Å². The molecule has 0 aromatic carbocycles. The van der Waals surface area contributed by atoms with E-state index in [1.54, 1.807) is 0 Å². The van der Waals surface area contributed by atoms with Crippen LogP contribution in [-0.4, -0.2) is 0 Å². The molecule has 0 aliphatic rings. The van der Waals surface area contributed by atoms with E-state index in [2.05, 4.69) is 41.5 Å². The number of rotatable bonds is 16. The van der Waals surface area contributed by atoms with E-state index in [-0.39, 0.29) is 19.5 Å². The summed E-state index contributed by atoms with van der Waals surface area (Å²) >= 11 is 0. The molecule has 0 bridgehead atoms. The second kappa shape index (κ2) is 26.7. The fourth-order valence-corrected chi connectivity index (χ4v) is 2.93. The van der Waals surface area contributed by atoms with Crippen molar-refractivity contribution in [1.82, 2.24) is 0 Å². The van der Waals surface area contributed by atoms with Gasteiger partial charge in [-0.2, -0.15) is 11.8 Å². The fourth-order valence-electron chi connectivity index (χ4n) is 2.93. The number of hydrogen-bond acceptors (Lipinski definition) is 0. The molecule has 0 radical (unpaired) electrons. The molecule has 146 valence electrons. The van der Waals surface area contributed by atoms with Gasteiger partial charge in [0.05, 0.1) is 13.3 Å². The summed E-state index contributed by atoms with van der Waals surface area (Å²) in [5, 5.41) is 0. The van der Waals surface area contributed by atoms with Gasteiger partial charge in [0.2, 0.25) is 0 Å². The van der Waals surface area contributed by atoms with Crippen LogP contribution < -0.4 is 0 Å². The third-order valence-electron chi connectivity index (χ3n) is 4.76. The summed E-state index contributed by atoms with van der Waals surface area (Å²) in [6.07, 6.45) is 21.3. The first kappa shape index (κ1) is 30.2. The number of unbranched alkanes of at least 4 members (excludes halogenated alkanes) is 8. The SMILES string of the molecule is [CH2+]CCCC([CH2-])CCCCCC.[CH2-]C(CCCC)CCCCCC.[Zn+2]. The van der Waals surface area contributed by atoms with E-state index < -0.39 is 0 Å². The minimum absolute atomic E-state index is 0. The quantitative estimate of drug-likeness (QED) is 0.137. The van der Waals surface area contributed by atoms with Crippen molar-refractivity contribution in [2.45, 2.75) is 124 Å². The van der Waals surface area contributed by atoms with Crippen LogP contribution in [0.15, 0.2) is 0 Å². The molecule has 0 aromatic rings. The molecule has 0 heterocycles. The largest absolute Gasteiger partial charge is 2.00 e. The molecule has 0 aliphatic carbocycles. The topological polar surface area (TPSA) is 0 Å². The Morgan fingerprint density at radius 2 is 0.920 bits per heavy atom. The van der Waals surface area contributed by atoms with Crippen LogP contribution in [-0.2, 0) is 19.5 Å². The molecule has 0 rings (SSSR count). The second-order valence-corrected chi connectivity index (χ2v) is 7.57. The van der Waals surface area contributed by atoms with Gasteiger partial charge < -0.3 is 13.8 Å². The minimum atomic E-state index is 0. The molecule has 0 saturated heterocycles. The minimum Gasteiger partial charge on any atom is -0.340 e. The second-order valence-electron chi connectivity index (χ2n) is 7.57. The molecule has 0 aliphatic heterocycles. The van der Waals surface area contributed by atoms with E-state index in [1.807, 2.05) is 0 Å². The zero-order chi connectivity index (χ0) is 18.5. The van der Waals surface area contributed by atoms with Crippen LogP contribution in [0.5, 0.6) is 0 Å². The van der Waals surface area contributed by atoms with Gasteiger partial charge in [0.25, 0.3) is 0 Å². The molecule has 0 N–H and O–H groups in total. The van der Waals surface area contributed by atoms with E-state index in [0.717, 1.165) is 12.3 Å². The average Bonchev–Trinajstić information content (AvgIpc) is 2.59. The maximum absolute atomic E-state index is 4.17. The summed E-state index contributed by atoms with van der Waals surface area (Å²) < 4.78 is 0. The monoisotopic (exact) mass is 401 g/mol. The molecule has 0 saturated carbocycles. The van der Waals surface area contributed by atoms with Gasteiger partial charge in [-0.15, -0.1) is 0 Å². The van der Waals surface area contributed by atoms with Crippen molar-refractivity contribution in [3.8, 4) is 0 Å². The molecule has 2 atom stereocenters. The summed E-state index contributed by atoms with van der Waals surface area (Å²) in [6, 6.07) is 0. The van der Waals surface area contributed by atoms with Crippen LogP contribution in [0.1, 0.15) is 124 Å². The Morgan fingerprint density at radius 1 is 0.560 bits per heavy atom. The third-order valence-corrected chi connectivity index (χ3v) is 4.76. The zero-order valence-electron chi connectivity index (χ0n) is 18.3. The normalized spacial score (nSPS) is 12.7. The molecule has 0 aromatic heterocycles. The maximum Gasteiger partial charge on any atom is 2.00 e. The van der Waals surface area contributed by atoms with Crippen molar-refractivity contribution in [2.75, 3.05) is 0 Å². The van der Waals surface area contributed by atoms with E-state index in [1.165, 1.54) is 96.3 Å². The number of hydrogen-bond donors (Lipinski definition) is 0. The van der Waals surface area contributed by atoms with Gasteiger partial charge in [-0.25, -0.2) is 0 Å². The molecule has 0 nitrogen and oxygen atoms in total. The predicted octanol–water partition coefficient (Wildman–Crippen LogP) is 9.01. The Balaban J connectivity index is -0.000000372. The van der Waals surface area contributed by atoms with Crippen LogP contribution in [0.4, 0.5) is 0 Å². The van der Waals surface area contributed by atoms with Crippen molar-refractivity contribution < 1.29 is 19.5 Å². The van der Waals surface area contributed by atoms with Gasteiger partial charge in [-0.3, -0.25) is 0 Å². The van der Waals surface area contributed by atoms with Crippen LogP contribution in [0.2, 0.25) is 0 Å². The maximum atomic E-state index is 4.17.